The fourth-order valence-corrected chi connectivity index (χ4v) is 2.68. The topological polar surface area (TPSA) is 64.3 Å². The first-order chi connectivity index (χ1) is 9.95. The zero-order valence-electron chi connectivity index (χ0n) is 11.3. The maximum Gasteiger partial charge on any atom is 0.262 e. The number of amides is 1. The lowest BCUT2D eigenvalue weighted by molar-refractivity contribution is -0.118. The van der Waals surface area contributed by atoms with E-state index in [9.17, 15) is 4.79 Å². The van der Waals surface area contributed by atoms with Gasteiger partial charge in [-0.25, -0.2) is 0 Å². The van der Waals surface area contributed by atoms with E-state index in [0.29, 0.717) is 17.1 Å². The molecule has 2 rings (SSSR count). The minimum absolute atomic E-state index is 0.0945. The fourth-order valence-electron chi connectivity index (χ4n) is 1.82. The Hall–Kier alpha value is -1.53. The number of anilines is 2. The van der Waals surface area contributed by atoms with Crippen molar-refractivity contribution in [3.05, 3.63) is 50.9 Å². The number of rotatable bonds is 4. The van der Waals surface area contributed by atoms with Crippen molar-refractivity contribution in [2.75, 3.05) is 17.7 Å². The lowest BCUT2D eigenvalue weighted by Crippen LogP contribution is -2.20. The molecule has 0 aliphatic rings. The van der Waals surface area contributed by atoms with Crippen LogP contribution in [0.3, 0.4) is 0 Å². The minimum Gasteiger partial charge on any atom is -0.481 e. The predicted octanol–water partition coefficient (Wildman–Crippen LogP) is 4.12. The van der Waals surface area contributed by atoms with Gasteiger partial charge in [-0.2, -0.15) is 0 Å². The van der Waals surface area contributed by atoms with Crippen LogP contribution in [-0.2, 0) is 4.79 Å². The van der Waals surface area contributed by atoms with Crippen molar-refractivity contribution in [3.63, 3.8) is 0 Å². The molecule has 0 saturated carbocycles. The highest BCUT2D eigenvalue weighted by atomic mass is 79.9. The first-order valence-electron chi connectivity index (χ1n) is 6.19. The van der Waals surface area contributed by atoms with Gasteiger partial charge in [0.1, 0.15) is 5.75 Å². The highest BCUT2D eigenvalue weighted by Gasteiger charge is 2.09. The molecule has 0 spiro atoms. The van der Waals surface area contributed by atoms with Crippen LogP contribution >= 0.6 is 31.9 Å². The van der Waals surface area contributed by atoms with Crippen LogP contribution in [0.5, 0.6) is 5.75 Å². The molecule has 2 aromatic rings. The molecule has 0 radical (unpaired) electrons. The van der Waals surface area contributed by atoms with Gasteiger partial charge in [0.25, 0.3) is 5.91 Å². The molecule has 0 aromatic heterocycles. The summed E-state index contributed by atoms with van der Waals surface area (Å²) in [5.41, 5.74) is 7.97. The molecule has 110 valence electrons. The summed E-state index contributed by atoms with van der Waals surface area (Å²) in [6.07, 6.45) is 0. The van der Waals surface area contributed by atoms with E-state index in [-0.39, 0.29) is 12.5 Å². The number of carbonyl (C=O) groups excluding carboxylic acids is 1. The van der Waals surface area contributed by atoms with E-state index in [0.717, 1.165) is 14.5 Å². The van der Waals surface area contributed by atoms with E-state index < -0.39 is 0 Å². The molecule has 0 atom stereocenters. The third kappa shape index (κ3) is 4.47. The second kappa shape index (κ2) is 6.95. The summed E-state index contributed by atoms with van der Waals surface area (Å²) < 4.78 is 7.35. The third-order valence-electron chi connectivity index (χ3n) is 2.74. The zero-order chi connectivity index (χ0) is 15.4. The summed E-state index contributed by atoms with van der Waals surface area (Å²) in [5.74, 6) is 0.295. The van der Waals surface area contributed by atoms with Gasteiger partial charge in [-0.15, -0.1) is 0 Å². The van der Waals surface area contributed by atoms with Crippen molar-refractivity contribution >= 4 is 49.1 Å². The van der Waals surface area contributed by atoms with Crippen LogP contribution in [0.2, 0.25) is 0 Å². The highest BCUT2D eigenvalue weighted by Crippen LogP contribution is 2.30. The predicted molar refractivity (Wildman–Crippen MR) is 91.6 cm³/mol. The van der Waals surface area contributed by atoms with E-state index >= 15 is 0 Å². The number of carbonyl (C=O) groups is 1. The van der Waals surface area contributed by atoms with Crippen molar-refractivity contribution in [1.82, 2.24) is 0 Å². The molecule has 2 aromatic carbocycles. The van der Waals surface area contributed by atoms with Gasteiger partial charge in [0.15, 0.2) is 6.61 Å². The first kappa shape index (κ1) is 15.9. The van der Waals surface area contributed by atoms with E-state index in [1.54, 1.807) is 18.2 Å². The monoisotopic (exact) mass is 412 g/mol. The summed E-state index contributed by atoms with van der Waals surface area (Å²) in [6, 6.07) is 11.0. The third-order valence-corrected chi connectivity index (χ3v) is 3.73. The number of hydrogen-bond acceptors (Lipinski definition) is 3. The first-order valence-corrected chi connectivity index (χ1v) is 7.78. The summed E-state index contributed by atoms with van der Waals surface area (Å²) in [4.78, 5) is 11.9. The van der Waals surface area contributed by atoms with Gasteiger partial charge >= 0.3 is 0 Å². The number of nitrogens with one attached hydrogen (secondary N) is 1. The van der Waals surface area contributed by atoms with Crippen LogP contribution in [0.15, 0.2) is 45.3 Å². The Bertz CT molecular complexity index is 634. The summed E-state index contributed by atoms with van der Waals surface area (Å²) in [5, 5.41) is 2.75. The molecule has 0 aliphatic heterocycles. The van der Waals surface area contributed by atoms with Gasteiger partial charge in [0.05, 0.1) is 5.69 Å². The Morgan fingerprint density at radius 1 is 1.19 bits per heavy atom. The molecule has 4 nitrogen and oxygen atoms in total. The number of hydrogen-bond donors (Lipinski definition) is 2. The molecule has 21 heavy (non-hydrogen) atoms. The molecule has 3 N–H and O–H groups in total. The van der Waals surface area contributed by atoms with Crippen molar-refractivity contribution in [2.24, 2.45) is 0 Å². The minimum atomic E-state index is -0.237. The fraction of sp³-hybridized carbons (Fsp3) is 0.133. The van der Waals surface area contributed by atoms with Gasteiger partial charge in [-0.3, -0.25) is 4.79 Å². The van der Waals surface area contributed by atoms with Crippen LogP contribution in [0, 0.1) is 6.92 Å². The molecule has 0 bridgehead atoms. The average Bonchev–Trinajstić information content (AvgIpc) is 2.40. The number of benzene rings is 2. The van der Waals surface area contributed by atoms with Crippen LogP contribution in [-0.4, -0.2) is 12.5 Å². The Labute approximate surface area is 139 Å². The number of nitrogen functional groups attached to an aromatic ring is 1. The maximum atomic E-state index is 11.9. The van der Waals surface area contributed by atoms with Gasteiger partial charge < -0.3 is 15.8 Å². The lowest BCUT2D eigenvalue weighted by atomic mass is 10.2. The Morgan fingerprint density at radius 3 is 2.48 bits per heavy atom. The van der Waals surface area contributed by atoms with Crippen molar-refractivity contribution < 1.29 is 9.53 Å². The molecule has 0 fully saturated rings. The summed E-state index contributed by atoms with van der Waals surface area (Å²) in [6.45, 7) is 1.78. The van der Waals surface area contributed by atoms with E-state index in [2.05, 4.69) is 37.2 Å². The van der Waals surface area contributed by atoms with Crippen molar-refractivity contribution in [2.45, 2.75) is 6.92 Å². The molecular weight excluding hydrogens is 400 g/mol. The van der Waals surface area contributed by atoms with Gasteiger partial charge in [0.2, 0.25) is 0 Å². The zero-order valence-corrected chi connectivity index (χ0v) is 14.5. The number of halogens is 2. The normalized spacial score (nSPS) is 10.2. The van der Waals surface area contributed by atoms with E-state index in [1.807, 2.05) is 25.1 Å². The lowest BCUT2D eigenvalue weighted by Gasteiger charge is -2.12. The molecule has 0 unspecified atom stereocenters. The summed E-state index contributed by atoms with van der Waals surface area (Å²) in [7, 11) is 0. The largest absolute Gasteiger partial charge is 0.481 e. The molecule has 0 saturated heterocycles. The van der Waals surface area contributed by atoms with Crippen molar-refractivity contribution in [1.29, 1.82) is 0 Å². The van der Waals surface area contributed by atoms with Gasteiger partial charge in [0, 0.05) is 14.6 Å². The van der Waals surface area contributed by atoms with Gasteiger partial charge in [-0.05, 0) is 48.9 Å². The maximum absolute atomic E-state index is 11.9. The molecule has 0 heterocycles. The highest BCUT2D eigenvalue weighted by molar-refractivity contribution is 9.10. The Morgan fingerprint density at radius 2 is 1.86 bits per heavy atom. The Balaban J connectivity index is 1.97. The van der Waals surface area contributed by atoms with E-state index in [1.165, 1.54) is 0 Å². The molecular formula is C15H14Br2N2O2. The standard InChI is InChI=1S/C15H14Br2N2O2/c1-9-6-11(17)7-13(18)15(9)21-8-14(20)19-12-4-2-10(16)3-5-12/h2-7H,8,18H2,1H3,(H,19,20). The summed E-state index contributed by atoms with van der Waals surface area (Å²) >= 11 is 6.70. The van der Waals surface area contributed by atoms with E-state index in [4.69, 9.17) is 10.5 Å². The second-order valence-corrected chi connectivity index (χ2v) is 6.32. The SMILES string of the molecule is Cc1cc(Br)cc(N)c1OCC(=O)Nc1ccc(Br)cc1. The number of aryl methyl sites for hydroxylation is 1. The quantitative estimate of drug-likeness (QED) is 0.741. The number of ether oxygens (including phenoxy) is 1. The molecule has 6 heteroatoms. The van der Waals surface area contributed by atoms with Crippen LogP contribution in [0.25, 0.3) is 0 Å². The molecule has 0 aliphatic carbocycles. The van der Waals surface area contributed by atoms with Crippen LogP contribution in [0.4, 0.5) is 11.4 Å². The average molecular weight is 414 g/mol. The van der Waals surface area contributed by atoms with Crippen LogP contribution in [0.1, 0.15) is 5.56 Å². The second-order valence-electron chi connectivity index (χ2n) is 4.48. The van der Waals surface area contributed by atoms with Crippen LogP contribution < -0.4 is 15.8 Å². The molecule has 1 amide bonds. The smallest absolute Gasteiger partial charge is 0.262 e. The van der Waals surface area contributed by atoms with Gasteiger partial charge in [-0.1, -0.05) is 31.9 Å². The Kier molecular flexibility index (Phi) is 5.25. The van der Waals surface area contributed by atoms with Crippen molar-refractivity contribution in [3.8, 4) is 5.75 Å². The number of nitrogens with two attached hydrogens (primary N) is 1.